The van der Waals surface area contributed by atoms with E-state index in [4.69, 9.17) is 19.7 Å². The smallest absolute Gasteiger partial charge is 0.123 e. The third kappa shape index (κ3) is 8.12. The summed E-state index contributed by atoms with van der Waals surface area (Å²) in [5, 5.41) is 18.2. The first-order chi connectivity index (χ1) is 17.2. The Morgan fingerprint density at radius 3 is 1.83 bits per heavy atom. The third-order valence-electron chi connectivity index (χ3n) is 6.18. The van der Waals surface area contributed by atoms with Crippen LogP contribution >= 0.6 is 0 Å². The molecule has 3 aromatic rings. The van der Waals surface area contributed by atoms with Crippen molar-refractivity contribution in [1.82, 2.24) is 0 Å². The molecule has 0 saturated heterocycles. The molecule has 0 aliphatic carbocycles. The quantitative estimate of drug-likeness (QED) is 0.236. The zero-order chi connectivity index (χ0) is 24.9. The van der Waals surface area contributed by atoms with Gasteiger partial charge in [-0.05, 0) is 64.8 Å². The van der Waals surface area contributed by atoms with Crippen molar-refractivity contribution in [2.24, 2.45) is 0 Å². The van der Waals surface area contributed by atoms with Crippen molar-refractivity contribution in [3.05, 3.63) is 71.8 Å². The molecule has 0 aliphatic heterocycles. The highest BCUT2D eigenvalue weighted by atomic mass is 16.5. The Morgan fingerprint density at radius 2 is 1.26 bits per heavy atom. The minimum atomic E-state index is 0.0978. The van der Waals surface area contributed by atoms with Gasteiger partial charge in [-0.25, -0.2) is 0 Å². The molecule has 35 heavy (non-hydrogen) atoms. The highest BCUT2D eigenvalue weighted by Crippen LogP contribution is 2.34. The van der Waals surface area contributed by atoms with Gasteiger partial charge in [-0.2, -0.15) is 0 Å². The van der Waals surface area contributed by atoms with E-state index in [9.17, 15) is 0 Å². The van der Waals surface area contributed by atoms with Gasteiger partial charge in [0.15, 0.2) is 0 Å². The topological polar surface area (TPSA) is 58.9 Å². The summed E-state index contributed by atoms with van der Waals surface area (Å²) in [7, 11) is 0. The number of hydrogen-bond donors (Lipinski definition) is 2. The van der Waals surface area contributed by atoms with E-state index in [1.165, 1.54) is 41.5 Å². The molecule has 0 aromatic heterocycles. The summed E-state index contributed by atoms with van der Waals surface area (Å²) in [6.07, 6.45) is 7.03. The second-order valence-electron chi connectivity index (χ2n) is 8.92. The van der Waals surface area contributed by atoms with Crippen LogP contribution in [0.3, 0.4) is 0 Å². The van der Waals surface area contributed by atoms with E-state index in [1.54, 1.807) is 0 Å². The van der Waals surface area contributed by atoms with Gasteiger partial charge in [0.25, 0.3) is 0 Å². The minimum Gasteiger partial charge on any atom is -0.493 e. The molecule has 3 rings (SSSR count). The van der Waals surface area contributed by atoms with E-state index in [2.05, 4.69) is 56.3 Å². The van der Waals surface area contributed by atoms with Crippen molar-refractivity contribution < 1.29 is 19.7 Å². The number of hydrogen-bond acceptors (Lipinski definition) is 4. The summed E-state index contributed by atoms with van der Waals surface area (Å²) in [5.41, 5.74) is 7.37. The van der Waals surface area contributed by atoms with E-state index in [0.717, 1.165) is 35.5 Å². The Bertz CT molecular complexity index is 998. The highest BCUT2D eigenvalue weighted by molar-refractivity contribution is 5.75. The van der Waals surface area contributed by atoms with Crippen LogP contribution in [0.25, 0.3) is 22.3 Å². The Kier molecular flexibility index (Phi) is 11.1. The second-order valence-corrected chi connectivity index (χ2v) is 8.92. The SMILES string of the molecule is CCCCCc1ccc(-c2ccc(-c3cc(OCCCO)cc(OCCCO)c3)cc2CC)cc1. The number of aliphatic hydroxyl groups is 2. The van der Waals surface area contributed by atoms with Crippen LogP contribution < -0.4 is 9.47 Å². The number of unbranched alkanes of at least 4 members (excludes halogenated alkanes) is 2. The molecular weight excluding hydrogens is 436 g/mol. The van der Waals surface area contributed by atoms with Crippen molar-refractivity contribution in [2.45, 2.75) is 58.8 Å². The van der Waals surface area contributed by atoms with E-state index in [0.29, 0.717) is 26.1 Å². The van der Waals surface area contributed by atoms with Gasteiger partial charge < -0.3 is 19.7 Å². The van der Waals surface area contributed by atoms with Crippen LogP contribution in [0.15, 0.2) is 60.7 Å². The zero-order valence-electron chi connectivity index (χ0n) is 21.3. The summed E-state index contributed by atoms with van der Waals surface area (Å²) in [6, 6.07) is 21.6. The number of ether oxygens (including phenoxy) is 2. The fraction of sp³-hybridized carbons (Fsp3) is 0.419. The van der Waals surface area contributed by atoms with Gasteiger partial charge in [-0.15, -0.1) is 0 Å². The Labute approximate surface area is 210 Å². The van der Waals surface area contributed by atoms with Gasteiger partial charge in [0.2, 0.25) is 0 Å². The largest absolute Gasteiger partial charge is 0.493 e. The second kappa shape index (κ2) is 14.6. The van der Waals surface area contributed by atoms with E-state index >= 15 is 0 Å². The zero-order valence-corrected chi connectivity index (χ0v) is 21.3. The van der Waals surface area contributed by atoms with Gasteiger partial charge in [-0.1, -0.05) is 69.2 Å². The molecule has 4 heteroatoms. The van der Waals surface area contributed by atoms with Gasteiger partial charge in [0.1, 0.15) is 11.5 Å². The molecule has 0 radical (unpaired) electrons. The van der Waals surface area contributed by atoms with Crippen molar-refractivity contribution in [3.63, 3.8) is 0 Å². The van der Waals surface area contributed by atoms with Crippen LogP contribution in [0.1, 0.15) is 57.1 Å². The first-order valence-corrected chi connectivity index (χ1v) is 13.0. The van der Waals surface area contributed by atoms with Gasteiger partial charge in [-0.3, -0.25) is 0 Å². The van der Waals surface area contributed by atoms with Crippen LogP contribution in [-0.2, 0) is 12.8 Å². The lowest BCUT2D eigenvalue weighted by atomic mass is 9.93. The maximum atomic E-state index is 9.09. The van der Waals surface area contributed by atoms with Gasteiger partial charge >= 0.3 is 0 Å². The monoisotopic (exact) mass is 476 g/mol. The Morgan fingerprint density at radius 1 is 0.629 bits per heavy atom. The minimum absolute atomic E-state index is 0.0978. The van der Waals surface area contributed by atoms with Crippen LogP contribution in [-0.4, -0.2) is 36.6 Å². The van der Waals surface area contributed by atoms with Crippen LogP contribution in [0.5, 0.6) is 11.5 Å². The van der Waals surface area contributed by atoms with Crippen LogP contribution in [0.2, 0.25) is 0 Å². The van der Waals surface area contributed by atoms with Crippen LogP contribution in [0.4, 0.5) is 0 Å². The maximum Gasteiger partial charge on any atom is 0.123 e. The standard InChI is InChI=1S/C31H40O4/c1-3-5-6-9-24-10-12-26(13-11-24)31-15-14-27(20-25(31)4-2)28-21-29(34-18-7-16-32)23-30(22-28)35-19-8-17-33/h10-15,20-23,32-33H,3-9,16-19H2,1-2H3. The molecular formula is C31H40O4. The first kappa shape index (κ1) is 26.8. The molecule has 0 heterocycles. The molecule has 4 nitrogen and oxygen atoms in total. The average molecular weight is 477 g/mol. The molecule has 3 aromatic carbocycles. The Hall–Kier alpha value is -2.82. The lowest BCUT2D eigenvalue weighted by Crippen LogP contribution is -2.02. The van der Waals surface area contributed by atoms with Gasteiger partial charge in [0, 0.05) is 32.1 Å². The van der Waals surface area contributed by atoms with E-state index in [1.807, 2.05) is 18.2 Å². The molecule has 0 atom stereocenters. The lowest BCUT2D eigenvalue weighted by molar-refractivity contribution is 0.228. The third-order valence-corrected chi connectivity index (χ3v) is 6.18. The highest BCUT2D eigenvalue weighted by Gasteiger charge is 2.10. The van der Waals surface area contributed by atoms with Crippen molar-refractivity contribution >= 4 is 0 Å². The molecule has 0 bridgehead atoms. The molecule has 0 amide bonds. The van der Waals surface area contributed by atoms with Crippen LogP contribution in [0, 0.1) is 0 Å². The normalized spacial score (nSPS) is 11.0. The molecule has 0 saturated carbocycles. The molecule has 0 spiro atoms. The van der Waals surface area contributed by atoms with Crippen molar-refractivity contribution in [2.75, 3.05) is 26.4 Å². The number of aliphatic hydroxyl groups excluding tert-OH is 2. The van der Waals surface area contributed by atoms with Crippen molar-refractivity contribution in [3.8, 4) is 33.8 Å². The average Bonchev–Trinajstić information content (AvgIpc) is 2.89. The van der Waals surface area contributed by atoms with Crippen molar-refractivity contribution in [1.29, 1.82) is 0 Å². The van der Waals surface area contributed by atoms with E-state index in [-0.39, 0.29) is 13.2 Å². The predicted molar refractivity (Wildman–Crippen MR) is 144 cm³/mol. The summed E-state index contributed by atoms with van der Waals surface area (Å²) >= 11 is 0. The molecule has 0 fully saturated rings. The summed E-state index contributed by atoms with van der Waals surface area (Å²) in [4.78, 5) is 0. The first-order valence-electron chi connectivity index (χ1n) is 13.0. The number of benzene rings is 3. The molecule has 2 N–H and O–H groups in total. The summed E-state index contributed by atoms with van der Waals surface area (Å²) in [6.45, 7) is 5.53. The fourth-order valence-electron chi connectivity index (χ4n) is 4.19. The van der Waals surface area contributed by atoms with Gasteiger partial charge in [0.05, 0.1) is 13.2 Å². The summed E-state index contributed by atoms with van der Waals surface area (Å²) < 4.78 is 11.7. The maximum absolute atomic E-state index is 9.09. The number of aryl methyl sites for hydroxylation is 2. The fourth-order valence-corrected chi connectivity index (χ4v) is 4.19. The predicted octanol–water partition coefficient (Wildman–Crippen LogP) is 6.84. The molecule has 0 aliphatic rings. The molecule has 0 unspecified atom stereocenters. The molecule has 188 valence electrons. The van der Waals surface area contributed by atoms with E-state index < -0.39 is 0 Å². The number of rotatable bonds is 15. The lowest BCUT2D eigenvalue weighted by Gasteiger charge is -2.15. The summed E-state index contributed by atoms with van der Waals surface area (Å²) in [5.74, 6) is 1.44. The Balaban J connectivity index is 1.86.